The Morgan fingerprint density at radius 2 is 1.48 bits per heavy atom. The molecule has 2 heterocycles. The number of esters is 1. The summed E-state index contributed by atoms with van der Waals surface area (Å²) in [6.45, 7) is 12.3. The van der Waals surface area contributed by atoms with Gasteiger partial charge in [0, 0.05) is 57.9 Å². The number of hydrogen-bond donors (Lipinski definition) is 0. The topological polar surface area (TPSA) is 36.0 Å². The minimum absolute atomic E-state index is 0.102. The number of nitrogens with zero attached hydrogens (tertiary/aromatic N) is 3. The Hall–Kier alpha value is -0.650. The molecule has 2 aliphatic rings. The molecule has 2 unspecified atom stereocenters. The second-order valence-electron chi connectivity index (χ2n) is 6.52. The first-order valence-electron chi connectivity index (χ1n) is 8.37. The Morgan fingerprint density at radius 3 is 2.00 bits per heavy atom. The van der Waals surface area contributed by atoms with Gasteiger partial charge < -0.3 is 9.64 Å². The molecule has 2 atom stereocenters. The molecular formula is C16H31N3O2. The Kier molecular flexibility index (Phi) is 6.45. The van der Waals surface area contributed by atoms with Crippen LogP contribution in [0.15, 0.2) is 0 Å². The summed E-state index contributed by atoms with van der Waals surface area (Å²) in [5.41, 5.74) is 0. The predicted molar refractivity (Wildman–Crippen MR) is 84.4 cm³/mol. The fraction of sp³-hybridized carbons (Fsp3) is 0.938. The molecule has 2 aliphatic heterocycles. The molecule has 122 valence electrons. The molecule has 0 radical (unpaired) electrons. The van der Waals surface area contributed by atoms with Gasteiger partial charge in [0.05, 0.1) is 13.5 Å². The van der Waals surface area contributed by atoms with Crippen molar-refractivity contribution in [3.63, 3.8) is 0 Å². The van der Waals surface area contributed by atoms with Crippen LogP contribution in [0, 0.1) is 0 Å². The van der Waals surface area contributed by atoms with Crippen molar-refractivity contribution in [1.82, 2.24) is 14.7 Å². The van der Waals surface area contributed by atoms with Crippen LogP contribution in [-0.2, 0) is 9.53 Å². The Labute approximate surface area is 129 Å². The maximum absolute atomic E-state index is 11.2. The van der Waals surface area contributed by atoms with Gasteiger partial charge in [-0.15, -0.1) is 0 Å². The third-order valence-corrected chi connectivity index (χ3v) is 5.13. The first-order valence-corrected chi connectivity index (χ1v) is 8.37. The molecule has 0 aliphatic carbocycles. The van der Waals surface area contributed by atoms with Crippen molar-refractivity contribution >= 4 is 5.97 Å². The quantitative estimate of drug-likeness (QED) is 0.685. The molecule has 5 nitrogen and oxygen atoms in total. The van der Waals surface area contributed by atoms with E-state index in [0.717, 1.165) is 44.8 Å². The van der Waals surface area contributed by atoms with Gasteiger partial charge in [0.2, 0.25) is 0 Å². The summed E-state index contributed by atoms with van der Waals surface area (Å²) in [6.07, 6.45) is 3.21. The van der Waals surface area contributed by atoms with E-state index >= 15 is 0 Å². The summed E-state index contributed by atoms with van der Waals surface area (Å²) >= 11 is 0. The molecular weight excluding hydrogens is 266 g/mol. The zero-order chi connectivity index (χ0) is 15.2. The summed E-state index contributed by atoms with van der Waals surface area (Å²) in [6, 6.07) is 1.50. The molecule has 0 spiro atoms. The van der Waals surface area contributed by atoms with E-state index in [0.29, 0.717) is 6.42 Å². The van der Waals surface area contributed by atoms with E-state index < -0.39 is 0 Å². The zero-order valence-electron chi connectivity index (χ0n) is 13.9. The number of likely N-dealkylation sites (tertiary alicyclic amines) is 1. The number of methoxy groups -OCH3 is 1. The number of rotatable bonds is 6. The van der Waals surface area contributed by atoms with Gasteiger partial charge in [0.15, 0.2) is 0 Å². The molecule has 2 fully saturated rings. The van der Waals surface area contributed by atoms with Crippen molar-refractivity contribution in [2.24, 2.45) is 0 Å². The van der Waals surface area contributed by atoms with Crippen molar-refractivity contribution in [2.45, 2.75) is 45.2 Å². The molecule has 0 bridgehead atoms. The largest absolute Gasteiger partial charge is 0.469 e. The minimum atomic E-state index is -0.102. The monoisotopic (exact) mass is 297 g/mol. The van der Waals surface area contributed by atoms with Crippen LogP contribution in [0.2, 0.25) is 0 Å². The van der Waals surface area contributed by atoms with Gasteiger partial charge in [-0.1, -0.05) is 0 Å². The molecule has 0 N–H and O–H groups in total. The Morgan fingerprint density at radius 1 is 0.952 bits per heavy atom. The molecule has 0 aromatic heterocycles. The highest BCUT2D eigenvalue weighted by Crippen LogP contribution is 2.22. The van der Waals surface area contributed by atoms with Crippen molar-refractivity contribution in [3.8, 4) is 0 Å². The van der Waals surface area contributed by atoms with Gasteiger partial charge in [-0.2, -0.15) is 0 Å². The van der Waals surface area contributed by atoms with E-state index in [1.807, 2.05) is 0 Å². The fourth-order valence-electron chi connectivity index (χ4n) is 3.53. The normalized spacial score (nSPS) is 28.9. The third-order valence-electron chi connectivity index (χ3n) is 5.13. The molecule has 0 aromatic carbocycles. The Bertz CT molecular complexity index is 319. The van der Waals surface area contributed by atoms with Crippen molar-refractivity contribution in [2.75, 3.05) is 52.9 Å². The number of piperazine rings is 1. The maximum atomic E-state index is 11.2. The van der Waals surface area contributed by atoms with Crippen molar-refractivity contribution < 1.29 is 9.53 Å². The molecule has 2 saturated heterocycles. The molecule has 0 aromatic rings. The van der Waals surface area contributed by atoms with Crippen LogP contribution >= 0.6 is 0 Å². The van der Waals surface area contributed by atoms with Crippen molar-refractivity contribution in [3.05, 3.63) is 0 Å². The van der Waals surface area contributed by atoms with E-state index in [1.165, 1.54) is 33.0 Å². The standard InChI is InChI=1S/C16H31N3O2/c1-14-4-5-15(2)19(14)13-12-18-10-8-17(9-11-18)7-6-16(20)21-3/h14-15H,4-13H2,1-3H3. The predicted octanol–water partition coefficient (Wildman–Crippen LogP) is 1.04. The highest BCUT2D eigenvalue weighted by Gasteiger charge is 2.27. The van der Waals surface area contributed by atoms with Gasteiger partial charge in [-0.3, -0.25) is 14.6 Å². The van der Waals surface area contributed by atoms with Crippen LogP contribution < -0.4 is 0 Å². The second kappa shape index (κ2) is 8.11. The second-order valence-corrected chi connectivity index (χ2v) is 6.52. The minimum Gasteiger partial charge on any atom is -0.469 e. The van der Waals surface area contributed by atoms with E-state index in [-0.39, 0.29) is 5.97 Å². The molecule has 21 heavy (non-hydrogen) atoms. The van der Waals surface area contributed by atoms with E-state index in [9.17, 15) is 4.79 Å². The first kappa shape index (κ1) is 16.7. The van der Waals surface area contributed by atoms with Crippen LogP contribution in [0.5, 0.6) is 0 Å². The van der Waals surface area contributed by atoms with E-state index in [4.69, 9.17) is 4.74 Å². The van der Waals surface area contributed by atoms with Gasteiger partial charge in [0.1, 0.15) is 0 Å². The first-order chi connectivity index (χ1) is 10.1. The van der Waals surface area contributed by atoms with Crippen LogP contribution in [-0.4, -0.2) is 85.7 Å². The fourth-order valence-corrected chi connectivity index (χ4v) is 3.53. The summed E-state index contributed by atoms with van der Waals surface area (Å²) in [7, 11) is 1.46. The van der Waals surface area contributed by atoms with E-state index in [2.05, 4.69) is 28.5 Å². The highest BCUT2D eigenvalue weighted by atomic mass is 16.5. The Balaban J connectivity index is 1.62. The van der Waals surface area contributed by atoms with Crippen LogP contribution in [0.25, 0.3) is 0 Å². The summed E-state index contributed by atoms with van der Waals surface area (Å²) in [5, 5.41) is 0. The summed E-state index contributed by atoms with van der Waals surface area (Å²) < 4.78 is 4.70. The molecule has 0 saturated carbocycles. The van der Waals surface area contributed by atoms with E-state index in [1.54, 1.807) is 0 Å². The number of hydrogen-bond acceptors (Lipinski definition) is 5. The average molecular weight is 297 g/mol. The highest BCUT2D eigenvalue weighted by molar-refractivity contribution is 5.69. The lowest BCUT2D eigenvalue weighted by Gasteiger charge is -2.36. The summed E-state index contributed by atoms with van der Waals surface area (Å²) in [4.78, 5) is 18.8. The number of carbonyl (C=O) groups is 1. The van der Waals surface area contributed by atoms with Crippen molar-refractivity contribution in [1.29, 1.82) is 0 Å². The van der Waals surface area contributed by atoms with Gasteiger partial charge in [-0.25, -0.2) is 0 Å². The smallest absolute Gasteiger partial charge is 0.306 e. The maximum Gasteiger partial charge on any atom is 0.306 e. The van der Waals surface area contributed by atoms with Crippen LogP contribution in [0.1, 0.15) is 33.1 Å². The van der Waals surface area contributed by atoms with Gasteiger partial charge in [-0.05, 0) is 26.7 Å². The number of ether oxygens (including phenoxy) is 1. The van der Waals surface area contributed by atoms with Gasteiger partial charge >= 0.3 is 5.97 Å². The lowest BCUT2D eigenvalue weighted by atomic mass is 10.2. The molecule has 2 rings (SSSR count). The molecule has 0 amide bonds. The SMILES string of the molecule is COC(=O)CCN1CCN(CCN2C(C)CCC2C)CC1. The van der Waals surface area contributed by atoms with Crippen LogP contribution in [0.3, 0.4) is 0 Å². The van der Waals surface area contributed by atoms with Gasteiger partial charge in [0.25, 0.3) is 0 Å². The summed E-state index contributed by atoms with van der Waals surface area (Å²) in [5.74, 6) is -0.102. The number of carbonyl (C=O) groups excluding carboxylic acids is 1. The van der Waals surface area contributed by atoms with Crippen LogP contribution in [0.4, 0.5) is 0 Å². The third kappa shape index (κ3) is 4.94. The molecule has 5 heteroatoms. The zero-order valence-corrected chi connectivity index (χ0v) is 13.9. The average Bonchev–Trinajstić information content (AvgIpc) is 2.82. The lowest BCUT2D eigenvalue weighted by molar-refractivity contribution is -0.141. The lowest BCUT2D eigenvalue weighted by Crippen LogP contribution is -2.49.